The maximum atomic E-state index is 12.2. The maximum absolute atomic E-state index is 12.2. The van der Waals surface area contributed by atoms with Crippen molar-refractivity contribution in [2.24, 2.45) is 4.99 Å². The zero-order valence-corrected chi connectivity index (χ0v) is 17.4. The number of rotatable bonds is 10. The molecule has 0 amide bonds. The molecule has 0 saturated carbocycles. The van der Waals surface area contributed by atoms with Gasteiger partial charge >= 0.3 is 0 Å². The molecule has 1 heterocycles. The van der Waals surface area contributed by atoms with Crippen molar-refractivity contribution in [1.82, 2.24) is 15.4 Å². The molecule has 1 aromatic heterocycles. The fourth-order valence-corrected chi connectivity index (χ4v) is 4.08. The fraction of sp³-hybridized carbons (Fsp3) is 0.421. The largest absolute Gasteiger partial charge is 0.357 e. The number of nitrogens with one attached hydrogen (secondary N) is 3. The van der Waals surface area contributed by atoms with Gasteiger partial charge in [-0.05, 0) is 23.9 Å². The van der Waals surface area contributed by atoms with Crippen LogP contribution in [0, 0.1) is 0 Å². The summed E-state index contributed by atoms with van der Waals surface area (Å²) in [6.07, 6.45) is 0. The first kappa shape index (κ1) is 21.4. The summed E-state index contributed by atoms with van der Waals surface area (Å²) in [4.78, 5) is 5.86. The van der Waals surface area contributed by atoms with Gasteiger partial charge in [-0.1, -0.05) is 43.3 Å². The van der Waals surface area contributed by atoms with E-state index in [0.29, 0.717) is 31.5 Å². The van der Waals surface area contributed by atoms with Crippen LogP contribution >= 0.6 is 11.3 Å². The van der Waals surface area contributed by atoms with Crippen LogP contribution in [0.25, 0.3) is 0 Å². The van der Waals surface area contributed by atoms with Gasteiger partial charge in [0, 0.05) is 30.4 Å². The lowest BCUT2D eigenvalue weighted by Crippen LogP contribution is -2.41. The van der Waals surface area contributed by atoms with Crippen LogP contribution in [0.3, 0.4) is 0 Å². The predicted molar refractivity (Wildman–Crippen MR) is 114 cm³/mol. The van der Waals surface area contributed by atoms with E-state index in [0.717, 1.165) is 12.1 Å². The van der Waals surface area contributed by atoms with E-state index >= 15 is 0 Å². The lowest BCUT2D eigenvalue weighted by atomic mass is 10.1. The second-order valence-corrected chi connectivity index (χ2v) is 9.09. The van der Waals surface area contributed by atoms with Gasteiger partial charge in [-0.3, -0.25) is 4.99 Å². The predicted octanol–water partition coefficient (Wildman–Crippen LogP) is 2.53. The first-order chi connectivity index (χ1) is 13.0. The van der Waals surface area contributed by atoms with Gasteiger partial charge in [-0.2, -0.15) is 0 Å². The minimum Gasteiger partial charge on any atom is -0.357 e. The van der Waals surface area contributed by atoms with Crippen molar-refractivity contribution in [3.05, 3.63) is 58.3 Å². The van der Waals surface area contributed by atoms with Crippen molar-refractivity contribution in [1.29, 1.82) is 0 Å². The normalized spacial score (nSPS) is 13.3. The standard InChI is InChI=1S/C19H28N4O2S2/c1-3-20-19(22-14-16(2)18-10-7-12-26-18)21-11-13-27(24,25)23-15-17-8-5-4-6-9-17/h4-10,12,16,23H,3,11,13-15H2,1-2H3,(H2,20,21,22). The quantitative estimate of drug-likeness (QED) is 0.417. The van der Waals surface area contributed by atoms with Crippen LogP contribution in [-0.2, 0) is 16.6 Å². The van der Waals surface area contributed by atoms with Gasteiger partial charge in [0.15, 0.2) is 5.96 Å². The lowest BCUT2D eigenvalue weighted by molar-refractivity contribution is 0.580. The SMILES string of the molecule is CCNC(=NCC(C)c1cccs1)NCCS(=O)(=O)NCc1ccccc1. The van der Waals surface area contributed by atoms with Crippen molar-refractivity contribution >= 4 is 27.3 Å². The molecule has 148 valence electrons. The number of thiophene rings is 1. The smallest absolute Gasteiger partial charge is 0.213 e. The lowest BCUT2D eigenvalue weighted by Gasteiger charge is -2.13. The number of guanidine groups is 1. The number of benzene rings is 1. The van der Waals surface area contributed by atoms with Crippen LogP contribution in [0.15, 0.2) is 52.8 Å². The Balaban J connectivity index is 1.79. The molecule has 2 aromatic rings. The molecule has 0 aliphatic rings. The van der Waals surface area contributed by atoms with Gasteiger partial charge in [-0.25, -0.2) is 13.1 Å². The summed E-state index contributed by atoms with van der Waals surface area (Å²) in [5, 5.41) is 8.31. The number of aliphatic imine (C=N–C) groups is 1. The third-order valence-corrected chi connectivity index (χ3v) is 6.33. The molecule has 0 fully saturated rings. The van der Waals surface area contributed by atoms with E-state index in [1.165, 1.54) is 4.88 Å². The number of hydrogen-bond donors (Lipinski definition) is 3. The highest BCUT2D eigenvalue weighted by molar-refractivity contribution is 7.89. The van der Waals surface area contributed by atoms with Crippen LogP contribution in [0.2, 0.25) is 0 Å². The van der Waals surface area contributed by atoms with E-state index in [2.05, 4.69) is 38.7 Å². The second-order valence-electron chi connectivity index (χ2n) is 6.19. The molecule has 0 spiro atoms. The number of sulfonamides is 1. The highest BCUT2D eigenvalue weighted by Crippen LogP contribution is 2.20. The van der Waals surface area contributed by atoms with Crippen LogP contribution in [-0.4, -0.2) is 39.8 Å². The van der Waals surface area contributed by atoms with E-state index in [1.54, 1.807) is 11.3 Å². The Morgan fingerprint density at radius 1 is 1.15 bits per heavy atom. The summed E-state index contributed by atoms with van der Waals surface area (Å²) in [6, 6.07) is 13.6. The molecule has 1 unspecified atom stereocenters. The first-order valence-corrected chi connectivity index (χ1v) is 11.6. The Labute approximate surface area is 166 Å². The van der Waals surface area contributed by atoms with Gasteiger partial charge in [0.25, 0.3) is 0 Å². The monoisotopic (exact) mass is 408 g/mol. The minimum atomic E-state index is -3.35. The molecular weight excluding hydrogens is 380 g/mol. The Bertz CT molecular complexity index is 790. The summed E-state index contributed by atoms with van der Waals surface area (Å²) < 4.78 is 26.9. The molecule has 1 aromatic carbocycles. The van der Waals surface area contributed by atoms with Crippen LogP contribution < -0.4 is 15.4 Å². The summed E-state index contributed by atoms with van der Waals surface area (Å²) in [5.74, 6) is 0.959. The summed E-state index contributed by atoms with van der Waals surface area (Å²) >= 11 is 1.72. The molecule has 1 atom stereocenters. The van der Waals surface area contributed by atoms with Crippen LogP contribution in [0.5, 0.6) is 0 Å². The fourth-order valence-electron chi connectivity index (χ4n) is 2.40. The van der Waals surface area contributed by atoms with Crippen LogP contribution in [0.1, 0.15) is 30.2 Å². The van der Waals surface area contributed by atoms with E-state index < -0.39 is 10.0 Å². The van der Waals surface area contributed by atoms with E-state index in [9.17, 15) is 8.42 Å². The molecule has 6 nitrogen and oxygen atoms in total. The zero-order valence-electron chi connectivity index (χ0n) is 15.8. The minimum absolute atomic E-state index is 0.00920. The van der Waals surface area contributed by atoms with Gasteiger partial charge in [-0.15, -0.1) is 11.3 Å². The summed E-state index contributed by atoms with van der Waals surface area (Å²) in [7, 11) is -3.35. The zero-order chi connectivity index (χ0) is 19.5. The molecule has 0 aliphatic carbocycles. The van der Waals surface area contributed by atoms with Gasteiger partial charge < -0.3 is 10.6 Å². The van der Waals surface area contributed by atoms with Crippen molar-refractivity contribution in [2.75, 3.05) is 25.4 Å². The van der Waals surface area contributed by atoms with E-state index in [1.807, 2.05) is 43.3 Å². The molecule has 8 heteroatoms. The Hall–Kier alpha value is -1.90. The molecule has 3 N–H and O–H groups in total. The second kappa shape index (κ2) is 11.1. The number of hydrogen-bond acceptors (Lipinski definition) is 4. The highest BCUT2D eigenvalue weighted by Gasteiger charge is 2.11. The van der Waals surface area contributed by atoms with Crippen molar-refractivity contribution < 1.29 is 8.42 Å². The molecule has 0 aliphatic heterocycles. The molecule has 0 radical (unpaired) electrons. The molecule has 27 heavy (non-hydrogen) atoms. The topological polar surface area (TPSA) is 82.6 Å². The molecule has 0 bridgehead atoms. The van der Waals surface area contributed by atoms with E-state index in [-0.39, 0.29) is 5.75 Å². The van der Waals surface area contributed by atoms with E-state index in [4.69, 9.17) is 0 Å². The Morgan fingerprint density at radius 2 is 1.93 bits per heavy atom. The van der Waals surface area contributed by atoms with Gasteiger partial charge in [0.05, 0.1) is 12.3 Å². The summed E-state index contributed by atoms with van der Waals surface area (Å²) in [6.45, 7) is 6.08. The highest BCUT2D eigenvalue weighted by atomic mass is 32.2. The summed E-state index contributed by atoms with van der Waals surface area (Å²) in [5.41, 5.74) is 0.937. The molecule has 2 rings (SSSR count). The van der Waals surface area contributed by atoms with Crippen molar-refractivity contribution in [2.45, 2.75) is 26.3 Å². The first-order valence-electron chi connectivity index (χ1n) is 9.07. The maximum Gasteiger partial charge on any atom is 0.213 e. The molecular formula is C19H28N4O2S2. The average molecular weight is 409 g/mol. The third kappa shape index (κ3) is 8.11. The average Bonchev–Trinajstić information content (AvgIpc) is 3.20. The third-order valence-electron chi connectivity index (χ3n) is 3.90. The molecule has 0 saturated heterocycles. The van der Waals surface area contributed by atoms with Gasteiger partial charge in [0.2, 0.25) is 10.0 Å². The number of nitrogens with zero attached hydrogens (tertiary/aromatic N) is 1. The van der Waals surface area contributed by atoms with Crippen LogP contribution in [0.4, 0.5) is 0 Å². The van der Waals surface area contributed by atoms with Gasteiger partial charge in [0.1, 0.15) is 0 Å². The van der Waals surface area contributed by atoms with Crippen molar-refractivity contribution in [3.8, 4) is 0 Å². The Morgan fingerprint density at radius 3 is 2.59 bits per heavy atom. The Kier molecular flexibility index (Phi) is 8.77. The van der Waals surface area contributed by atoms with Crippen molar-refractivity contribution in [3.63, 3.8) is 0 Å².